The minimum Gasteiger partial charge on any atom is -0.310 e. The molecule has 1 rings (SSSR count). The summed E-state index contributed by atoms with van der Waals surface area (Å²) in [4.78, 5) is 2.45. The average Bonchev–Trinajstić information content (AvgIpc) is 2.81. The molecule has 4 heteroatoms. The van der Waals surface area contributed by atoms with Gasteiger partial charge >= 0.3 is 0 Å². The number of nitriles is 1. The van der Waals surface area contributed by atoms with Gasteiger partial charge in [0.15, 0.2) is 0 Å². The van der Waals surface area contributed by atoms with E-state index in [0.717, 1.165) is 19.8 Å². The van der Waals surface area contributed by atoms with Crippen molar-refractivity contribution in [3.63, 3.8) is 0 Å². The lowest BCUT2D eigenvalue weighted by atomic mass is 10.2. The zero-order valence-corrected chi connectivity index (χ0v) is 12.9. The quantitative estimate of drug-likeness (QED) is 0.682. The van der Waals surface area contributed by atoms with E-state index in [1.165, 1.54) is 24.7 Å². The van der Waals surface area contributed by atoms with Crippen molar-refractivity contribution < 1.29 is 0 Å². The molecule has 1 heterocycles. The van der Waals surface area contributed by atoms with Crippen molar-refractivity contribution in [2.75, 3.05) is 26.3 Å². The molecule has 0 aromatic rings. The van der Waals surface area contributed by atoms with Crippen molar-refractivity contribution in [1.82, 2.24) is 9.47 Å². The second kappa shape index (κ2) is 6.53. The summed E-state index contributed by atoms with van der Waals surface area (Å²) in [5, 5.41) is 8.88. The molecule has 0 amide bonds. The third-order valence-corrected chi connectivity index (χ3v) is 10.1. The normalized spacial score (nSPS) is 20.4. The molecule has 0 radical (unpaired) electrons. The van der Waals surface area contributed by atoms with Crippen LogP contribution in [0.5, 0.6) is 0 Å². The maximum absolute atomic E-state index is 8.88. The van der Waals surface area contributed by atoms with E-state index in [9.17, 15) is 0 Å². The van der Waals surface area contributed by atoms with E-state index in [-0.39, 0.29) is 5.92 Å². The van der Waals surface area contributed by atoms with Crippen LogP contribution in [0.1, 0.15) is 27.7 Å². The van der Waals surface area contributed by atoms with E-state index in [2.05, 4.69) is 36.3 Å². The first-order valence-electron chi connectivity index (χ1n) is 6.98. The van der Waals surface area contributed by atoms with Gasteiger partial charge in [0.2, 0.25) is 0 Å². The number of rotatable bonds is 6. The van der Waals surface area contributed by atoms with Gasteiger partial charge in [-0.25, -0.2) is 0 Å². The molecule has 1 atom stereocenters. The summed E-state index contributed by atoms with van der Waals surface area (Å²) in [5.41, 5.74) is 0. The van der Waals surface area contributed by atoms with Gasteiger partial charge in [-0.05, 0) is 25.1 Å². The molecule has 1 aliphatic heterocycles. The van der Waals surface area contributed by atoms with E-state index < -0.39 is 8.24 Å². The van der Waals surface area contributed by atoms with E-state index in [1.54, 1.807) is 0 Å². The molecule has 3 nitrogen and oxygen atoms in total. The molecule has 0 bridgehead atoms. The molecule has 17 heavy (non-hydrogen) atoms. The number of nitrogens with zero attached hydrogens (tertiary/aromatic N) is 3. The Bertz CT molecular complexity index is 262. The maximum Gasteiger partial charge on any atom is 0.128 e. The Labute approximate surface area is 107 Å². The molecule has 0 aromatic heterocycles. The van der Waals surface area contributed by atoms with Crippen LogP contribution in [0.15, 0.2) is 0 Å². The van der Waals surface area contributed by atoms with E-state index >= 15 is 0 Å². The summed E-state index contributed by atoms with van der Waals surface area (Å²) < 4.78 is 2.76. The maximum atomic E-state index is 8.88. The van der Waals surface area contributed by atoms with Crippen LogP contribution in [0.2, 0.25) is 18.1 Å². The van der Waals surface area contributed by atoms with Crippen LogP contribution in [0, 0.1) is 17.2 Å². The summed E-state index contributed by atoms with van der Waals surface area (Å²) in [7, 11) is -1.18. The fourth-order valence-electron chi connectivity index (χ4n) is 3.03. The van der Waals surface area contributed by atoms with Crippen LogP contribution in [0.3, 0.4) is 0 Å². The van der Waals surface area contributed by atoms with Gasteiger partial charge in [0.25, 0.3) is 0 Å². The topological polar surface area (TPSA) is 30.3 Å². The zero-order valence-electron chi connectivity index (χ0n) is 11.9. The number of hydrogen-bond acceptors (Lipinski definition) is 3. The van der Waals surface area contributed by atoms with Gasteiger partial charge in [-0.3, -0.25) is 4.90 Å². The lowest BCUT2D eigenvalue weighted by Crippen LogP contribution is -2.51. The third kappa shape index (κ3) is 3.31. The highest BCUT2D eigenvalue weighted by Gasteiger charge is 2.38. The van der Waals surface area contributed by atoms with Crippen molar-refractivity contribution >= 4 is 8.24 Å². The molecule has 0 spiro atoms. The van der Waals surface area contributed by atoms with Crippen molar-refractivity contribution in [3.05, 3.63) is 0 Å². The summed E-state index contributed by atoms with van der Waals surface area (Å²) in [6, 6.07) is 6.43. The second-order valence-electron chi connectivity index (χ2n) is 5.30. The Kier molecular flexibility index (Phi) is 5.64. The van der Waals surface area contributed by atoms with Gasteiger partial charge in [0.05, 0.1) is 12.0 Å². The largest absolute Gasteiger partial charge is 0.310 e. The van der Waals surface area contributed by atoms with Crippen molar-refractivity contribution in [2.45, 2.75) is 45.8 Å². The molecule has 1 fully saturated rings. The zero-order chi connectivity index (χ0) is 12.9. The van der Waals surface area contributed by atoms with Gasteiger partial charge in [-0.1, -0.05) is 20.8 Å². The van der Waals surface area contributed by atoms with E-state index in [1.807, 2.05) is 6.92 Å². The highest BCUT2D eigenvalue weighted by molar-refractivity contribution is 6.77. The Balaban J connectivity index is 2.57. The minimum absolute atomic E-state index is 0.163. The molecule has 1 saturated heterocycles. The Morgan fingerprint density at radius 3 is 2.24 bits per heavy atom. The fraction of sp³-hybridized carbons (Fsp3) is 0.923. The molecule has 0 N–H and O–H groups in total. The molecular weight excluding hydrogens is 226 g/mol. The van der Waals surface area contributed by atoms with Gasteiger partial charge in [0.1, 0.15) is 8.24 Å². The summed E-state index contributed by atoms with van der Waals surface area (Å²) in [6.07, 6.45) is 0. The first-order valence-corrected chi connectivity index (χ1v) is 9.55. The van der Waals surface area contributed by atoms with Crippen LogP contribution >= 0.6 is 0 Å². The van der Waals surface area contributed by atoms with Gasteiger partial charge in [-0.15, -0.1) is 0 Å². The minimum atomic E-state index is -1.18. The molecular formula is C13H27N3Si. The van der Waals surface area contributed by atoms with Crippen LogP contribution in [-0.2, 0) is 0 Å². The van der Waals surface area contributed by atoms with Crippen LogP contribution in [-0.4, -0.2) is 44.0 Å². The lowest BCUT2D eigenvalue weighted by Gasteiger charge is -2.38. The van der Waals surface area contributed by atoms with E-state index in [0.29, 0.717) is 0 Å². The predicted molar refractivity (Wildman–Crippen MR) is 75.1 cm³/mol. The monoisotopic (exact) mass is 253 g/mol. The number of hydrogen-bond donors (Lipinski definition) is 0. The molecule has 98 valence electrons. The Hall–Kier alpha value is -0.373. The van der Waals surface area contributed by atoms with E-state index in [4.69, 9.17) is 5.26 Å². The Morgan fingerprint density at radius 1 is 1.18 bits per heavy atom. The molecule has 1 aliphatic rings. The summed E-state index contributed by atoms with van der Waals surface area (Å²) in [6.45, 7) is 13.5. The lowest BCUT2D eigenvalue weighted by molar-refractivity contribution is 0.281. The smallest absolute Gasteiger partial charge is 0.128 e. The third-order valence-electron chi connectivity index (χ3n) is 4.45. The first-order chi connectivity index (χ1) is 8.11. The summed E-state index contributed by atoms with van der Waals surface area (Å²) >= 11 is 0. The molecule has 0 aliphatic carbocycles. The molecule has 0 aromatic carbocycles. The highest BCUT2D eigenvalue weighted by atomic mass is 28.3. The van der Waals surface area contributed by atoms with Crippen molar-refractivity contribution in [3.8, 4) is 6.07 Å². The summed E-state index contributed by atoms with van der Waals surface area (Å²) in [5.74, 6) is 0.163. The first kappa shape index (κ1) is 14.7. The predicted octanol–water partition coefficient (Wildman–Crippen LogP) is 2.73. The van der Waals surface area contributed by atoms with Crippen LogP contribution in [0.25, 0.3) is 0 Å². The van der Waals surface area contributed by atoms with Crippen molar-refractivity contribution in [2.24, 2.45) is 5.92 Å². The van der Waals surface area contributed by atoms with Gasteiger partial charge in [-0.2, -0.15) is 5.26 Å². The molecule has 1 unspecified atom stereocenters. The fourth-order valence-corrected chi connectivity index (χ4v) is 6.95. The molecule has 0 saturated carbocycles. The standard InChI is InChI=1S/C13H27N3Si/c1-5-17(6-2,7-3)16-9-8-15(12-16)11-13(4)10-14/h13H,5-9,11-12H2,1-4H3. The average molecular weight is 253 g/mol. The highest BCUT2D eigenvalue weighted by Crippen LogP contribution is 2.27. The van der Waals surface area contributed by atoms with Gasteiger partial charge in [0, 0.05) is 26.3 Å². The van der Waals surface area contributed by atoms with Crippen LogP contribution < -0.4 is 0 Å². The van der Waals surface area contributed by atoms with Crippen molar-refractivity contribution in [1.29, 1.82) is 5.26 Å². The van der Waals surface area contributed by atoms with Crippen LogP contribution in [0.4, 0.5) is 0 Å². The second-order valence-corrected chi connectivity index (χ2v) is 10.5. The van der Waals surface area contributed by atoms with Gasteiger partial charge < -0.3 is 4.57 Å². The SMILES string of the molecule is CC[Si](CC)(CC)N1CCN(CC(C)C#N)C1. The Morgan fingerprint density at radius 2 is 1.76 bits per heavy atom.